The van der Waals surface area contributed by atoms with Gasteiger partial charge in [0.2, 0.25) is 5.91 Å². The minimum absolute atomic E-state index is 0.0478. The molecule has 0 saturated heterocycles. The Morgan fingerprint density at radius 2 is 1.55 bits per heavy atom. The van der Waals surface area contributed by atoms with Crippen molar-refractivity contribution in [2.24, 2.45) is 0 Å². The molecule has 1 aromatic heterocycles. The Labute approximate surface area is 223 Å². The number of benzene rings is 3. The molecule has 0 saturated carbocycles. The van der Waals surface area contributed by atoms with Gasteiger partial charge in [0.1, 0.15) is 5.82 Å². The first kappa shape index (κ1) is 26.9. The zero-order chi connectivity index (χ0) is 26.7. The number of ether oxygens (including phenoxy) is 4. The maximum atomic E-state index is 12.6. The highest BCUT2D eigenvalue weighted by atomic mass is 16.5. The van der Waals surface area contributed by atoms with Crippen molar-refractivity contribution < 1.29 is 23.7 Å². The average molecular weight is 518 g/mol. The van der Waals surface area contributed by atoms with Crippen molar-refractivity contribution >= 4 is 16.9 Å². The summed E-state index contributed by atoms with van der Waals surface area (Å²) in [7, 11) is 4.82. The second-order valence-corrected chi connectivity index (χ2v) is 8.84. The first-order valence-electron chi connectivity index (χ1n) is 12.8. The van der Waals surface area contributed by atoms with Crippen LogP contribution in [0.15, 0.2) is 66.7 Å². The Kier molecular flexibility index (Phi) is 9.45. The summed E-state index contributed by atoms with van der Waals surface area (Å²) in [6.07, 6.45) is 2.74. The Balaban J connectivity index is 1.30. The molecule has 0 bridgehead atoms. The van der Waals surface area contributed by atoms with Gasteiger partial charge >= 0.3 is 0 Å². The van der Waals surface area contributed by atoms with Crippen molar-refractivity contribution in [3.05, 3.63) is 78.1 Å². The van der Waals surface area contributed by atoms with Crippen molar-refractivity contribution in [1.29, 1.82) is 0 Å². The first-order chi connectivity index (χ1) is 18.6. The summed E-state index contributed by atoms with van der Waals surface area (Å²) < 4.78 is 24.1. The monoisotopic (exact) mass is 517 g/mol. The quantitative estimate of drug-likeness (QED) is 0.242. The summed E-state index contributed by atoms with van der Waals surface area (Å²) in [5.41, 5.74) is 2.93. The van der Waals surface area contributed by atoms with E-state index in [0.29, 0.717) is 31.1 Å². The zero-order valence-electron chi connectivity index (χ0n) is 22.2. The Bertz CT molecular complexity index is 1350. The van der Waals surface area contributed by atoms with Crippen LogP contribution in [0.25, 0.3) is 11.0 Å². The van der Waals surface area contributed by atoms with Gasteiger partial charge in [-0.25, -0.2) is 4.98 Å². The minimum atomic E-state index is -0.0478. The van der Waals surface area contributed by atoms with Gasteiger partial charge in [0, 0.05) is 19.5 Å². The van der Waals surface area contributed by atoms with E-state index in [-0.39, 0.29) is 12.3 Å². The summed E-state index contributed by atoms with van der Waals surface area (Å²) in [6.45, 7) is 1.94. The summed E-state index contributed by atoms with van der Waals surface area (Å²) >= 11 is 0. The van der Waals surface area contributed by atoms with Crippen molar-refractivity contribution in [1.82, 2.24) is 14.9 Å². The van der Waals surface area contributed by atoms with Crippen LogP contribution in [-0.4, -0.2) is 49.9 Å². The largest absolute Gasteiger partial charge is 0.493 e. The Hall–Kier alpha value is -4.20. The van der Waals surface area contributed by atoms with E-state index in [4.69, 9.17) is 23.9 Å². The minimum Gasteiger partial charge on any atom is -0.493 e. The van der Waals surface area contributed by atoms with Crippen LogP contribution in [0.4, 0.5) is 0 Å². The molecule has 0 atom stereocenters. The topological polar surface area (TPSA) is 83.8 Å². The number of para-hydroxylation sites is 4. The average Bonchev–Trinajstić information content (AvgIpc) is 3.30. The van der Waals surface area contributed by atoms with Gasteiger partial charge in [-0.3, -0.25) is 4.79 Å². The lowest BCUT2D eigenvalue weighted by molar-refractivity contribution is -0.120. The van der Waals surface area contributed by atoms with Gasteiger partial charge < -0.3 is 28.8 Å². The zero-order valence-corrected chi connectivity index (χ0v) is 22.2. The normalized spacial score (nSPS) is 10.8. The fourth-order valence-corrected chi connectivity index (χ4v) is 4.41. The maximum Gasteiger partial charge on any atom is 0.224 e. The number of carbonyl (C=O) groups excluding carboxylic acids is 1. The number of unbranched alkanes of at least 4 members (excludes halogenated alkanes) is 1. The molecule has 8 heteroatoms. The molecule has 0 spiro atoms. The lowest BCUT2D eigenvalue weighted by Crippen LogP contribution is -2.28. The number of nitrogens with one attached hydrogen (secondary N) is 1. The molecule has 0 radical (unpaired) electrons. The Morgan fingerprint density at radius 1 is 0.842 bits per heavy atom. The standard InChI is InChI=1S/C30H35N3O5/c1-35-25-12-6-7-13-27(25)38-19-9-8-18-33-24-11-5-4-10-23(24)32-29(33)16-17-31-30(34)21-22-14-15-26(36-2)28(20-22)37-3/h4-7,10-15,20H,8-9,16-19,21H2,1-3H3,(H,31,34). The van der Waals surface area contributed by atoms with Gasteiger partial charge in [-0.1, -0.05) is 30.3 Å². The molecular weight excluding hydrogens is 482 g/mol. The first-order valence-corrected chi connectivity index (χ1v) is 12.8. The van der Waals surface area contributed by atoms with E-state index in [1.54, 1.807) is 21.3 Å². The van der Waals surface area contributed by atoms with Gasteiger partial charge in [0.25, 0.3) is 0 Å². The molecule has 3 aromatic carbocycles. The van der Waals surface area contributed by atoms with E-state index in [0.717, 1.165) is 53.3 Å². The maximum absolute atomic E-state index is 12.6. The number of hydrogen-bond donors (Lipinski definition) is 1. The predicted molar refractivity (Wildman–Crippen MR) is 147 cm³/mol. The molecule has 0 fully saturated rings. The second-order valence-electron chi connectivity index (χ2n) is 8.84. The van der Waals surface area contributed by atoms with E-state index in [2.05, 4.69) is 16.0 Å². The van der Waals surface area contributed by atoms with Gasteiger partial charge in [0.05, 0.1) is 45.4 Å². The van der Waals surface area contributed by atoms with Crippen molar-refractivity contribution in [3.8, 4) is 23.0 Å². The van der Waals surface area contributed by atoms with E-state index in [9.17, 15) is 4.79 Å². The Morgan fingerprint density at radius 3 is 2.34 bits per heavy atom. The molecule has 0 aliphatic rings. The molecule has 200 valence electrons. The summed E-state index contributed by atoms with van der Waals surface area (Å²) in [5, 5.41) is 3.03. The van der Waals surface area contributed by atoms with Crippen LogP contribution in [0.1, 0.15) is 24.2 Å². The molecule has 0 aliphatic heterocycles. The van der Waals surface area contributed by atoms with Crippen molar-refractivity contribution in [2.45, 2.75) is 32.2 Å². The van der Waals surface area contributed by atoms with Crippen LogP contribution >= 0.6 is 0 Å². The summed E-state index contributed by atoms with van der Waals surface area (Å²) in [5.74, 6) is 3.66. The van der Waals surface area contributed by atoms with E-state index < -0.39 is 0 Å². The van der Waals surface area contributed by atoms with Crippen LogP contribution in [0, 0.1) is 0 Å². The third-order valence-corrected chi connectivity index (χ3v) is 6.32. The van der Waals surface area contributed by atoms with Crippen LogP contribution in [0.2, 0.25) is 0 Å². The fourth-order valence-electron chi connectivity index (χ4n) is 4.41. The van der Waals surface area contributed by atoms with Crippen molar-refractivity contribution in [2.75, 3.05) is 34.5 Å². The molecular formula is C30H35N3O5. The molecule has 8 nitrogen and oxygen atoms in total. The van der Waals surface area contributed by atoms with Crippen LogP contribution in [-0.2, 0) is 24.2 Å². The smallest absolute Gasteiger partial charge is 0.224 e. The number of imidazole rings is 1. The molecule has 1 N–H and O–H groups in total. The fraction of sp³-hybridized carbons (Fsp3) is 0.333. The molecule has 0 aliphatic carbocycles. The molecule has 4 rings (SSSR count). The SMILES string of the molecule is COc1ccc(CC(=O)NCCc2nc3ccccc3n2CCCCOc2ccccc2OC)cc1OC. The number of methoxy groups -OCH3 is 3. The lowest BCUT2D eigenvalue weighted by atomic mass is 10.1. The third-order valence-electron chi connectivity index (χ3n) is 6.32. The number of carbonyl (C=O) groups is 1. The van der Waals surface area contributed by atoms with Crippen molar-refractivity contribution in [3.63, 3.8) is 0 Å². The van der Waals surface area contributed by atoms with Crippen LogP contribution in [0.3, 0.4) is 0 Å². The van der Waals surface area contributed by atoms with E-state index in [1.807, 2.05) is 60.7 Å². The summed E-state index contributed by atoms with van der Waals surface area (Å²) in [6, 6.07) is 21.3. The van der Waals surface area contributed by atoms with Gasteiger partial charge in [-0.2, -0.15) is 0 Å². The molecule has 38 heavy (non-hydrogen) atoms. The van der Waals surface area contributed by atoms with Crippen LogP contribution < -0.4 is 24.3 Å². The van der Waals surface area contributed by atoms with Crippen LogP contribution in [0.5, 0.6) is 23.0 Å². The number of hydrogen-bond acceptors (Lipinski definition) is 6. The van der Waals surface area contributed by atoms with Gasteiger partial charge in [-0.05, 0) is 54.8 Å². The number of nitrogens with zero attached hydrogens (tertiary/aromatic N) is 2. The van der Waals surface area contributed by atoms with E-state index >= 15 is 0 Å². The number of fused-ring (bicyclic) bond motifs is 1. The highest BCUT2D eigenvalue weighted by Gasteiger charge is 2.12. The molecule has 1 amide bonds. The number of aromatic nitrogens is 2. The van der Waals surface area contributed by atoms with Gasteiger partial charge in [0.15, 0.2) is 23.0 Å². The number of rotatable bonds is 14. The predicted octanol–water partition coefficient (Wildman–Crippen LogP) is 4.82. The van der Waals surface area contributed by atoms with Gasteiger partial charge in [-0.15, -0.1) is 0 Å². The van der Waals surface area contributed by atoms with E-state index in [1.165, 1.54) is 0 Å². The lowest BCUT2D eigenvalue weighted by Gasteiger charge is -2.12. The molecule has 0 unspecified atom stereocenters. The third kappa shape index (κ3) is 6.76. The molecule has 1 heterocycles. The second kappa shape index (κ2) is 13.4. The molecule has 4 aromatic rings. The summed E-state index contributed by atoms with van der Waals surface area (Å²) in [4.78, 5) is 17.4. The highest BCUT2D eigenvalue weighted by molar-refractivity contribution is 5.79. The number of aryl methyl sites for hydroxylation is 1. The number of amides is 1. The highest BCUT2D eigenvalue weighted by Crippen LogP contribution is 2.28.